The summed E-state index contributed by atoms with van der Waals surface area (Å²) in [6, 6.07) is 41.7. The third-order valence-electron chi connectivity index (χ3n) is 10.8. The maximum absolute atomic E-state index is 14.2. The Bertz CT molecular complexity index is 2390. The molecule has 0 N–H and O–H groups in total. The number of rotatable bonds is 17. The predicted molar refractivity (Wildman–Crippen MR) is 235 cm³/mol. The van der Waals surface area contributed by atoms with Gasteiger partial charge in [-0.3, -0.25) is 0 Å². The molecule has 0 bridgehead atoms. The van der Waals surface area contributed by atoms with Crippen LogP contribution in [0.15, 0.2) is 152 Å². The maximum Gasteiger partial charge on any atom is 0.509 e. The molecule has 3 fully saturated rings. The lowest BCUT2D eigenvalue weighted by molar-refractivity contribution is -0.330. The van der Waals surface area contributed by atoms with Crippen molar-refractivity contribution >= 4 is 41.8 Å². The molecule has 3 saturated heterocycles. The number of carbonyl (C=O) groups excluding carboxylic acids is 5. The van der Waals surface area contributed by atoms with Gasteiger partial charge in [-0.25, -0.2) is 24.0 Å². The minimum absolute atomic E-state index is 0.0792. The van der Waals surface area contributed by atoms with Gasteiger partial charge < -0.3 is 47.4 Å². The molecule has 10 unspecified atom stereocenters. The average Bonchev–Trinajstić information content (AvgIpc) is 3.76. The molecule has 8 rings (SSSR count). The second-order valence-electron chi connectivity index (χ2n) is 15.2. The standard InChI is InChI=1S/C50H46O15S/c1-2-66-49-43-41(64-50(55)65-43)39(36(59-49)29-56-28-31-18-8-3-9-19-31)63-48-42(62-47(54)35-26-16-7-17-27-35)40(61-46(53)34-24-14-6-15-25-34)38(60-45(52)33-22-12-5-13-23-33)37(58-48)30-57-44(51)32-20-10-4-11-21-32/h3-27,36-43,48-49H,2,28-30H2,1H3. The zero-order chi connectivity index (χ0) is 45.8. The van der Waals surface area contributed by atoms with Crippen LogP contribution in [0.1, 0.15) is 53.9 Å². The van der Waals surface area contributed by atoms with Gasteiger partial charge in [0, 0.05) is 0 Å². The van der Waals surface area contributed by atoms with Gasteiger partial charge in [-0.05, 0) is 59.8 Å². The second kappa shape index (κ2) is 22.1. The van der Waals surface area contributed by atoms with Crippen LogP contribution in [0.25, 0.3) is 0 Å². The molecule has 3 aliphatic heterocycles. The van der Waals surface area contributed by atoms with Crippen molar-refractivity contribution < 1.29 is 71.3 Å². The van der Waals surface area contributed by atoms with Crippen LogP contribution in [-0.4, -0.2) is 110 Å². The number of esters is 4. The smallest absolute Gasteiger partial charge is 0.459 e. The number of carbonyl (C=O) groups is 5. The summed E-state index contributed by atoms with van der Waals surface area (Å²) in [5.74, 6) is -2.76. The molecule has 5 aromatic carbocycles. The van der Waals surface area contributed by atoms with Crippen LogP contribution < -0.4 is 0 Å². The van der Waals surface area contributed by atoms with E-state index in [0.717, 1.165) is 5.56 Å². The minimum atomic E-state index is -1.72. The Morgan fingerprint density at radius 3 is 1.50 bits per heavy atom. The molecule has 0 saturated carbocycles. The first-order chi connectivity index (χ1) is 32.2. The lowest BCUT2D eigenvalue weighted by atomic mass is 9.96. The van der Waals surface area contributed by atoms with Crippen LogP contribution in [-0.2, 0) is 54.0 Å². The molecule has 10 atom stereocenters. The van der Waals surface area contributed by atoms with Gasteiger partial charge in [-0.2, -0.15) is 0 Å². The minimum Gasteiger partial charge on any atom is -0.459 e. The Morgan fingerprint density at radius 1 is 0.515 bits per heavy atom. The fourth-order valence-electron chi connectivity index (χ4n) is 7.64. The second-order valence-corrected chi connectivity index (χ2v) is 16.6. The van der Waals surface area contributed by atoms with Gasteiger partial charge in [0.2, 0.25) is 0 Å². The van der Waals surface area contributed by atoms with Crippen LogP contribution in [0.3, 0.4) is 0 Å². The van der Waals surface area contributed by atoms with E-state index < -0.39 is 97.2 Å². The van der Waals surface area contributed by atoms with Crippen LogP contribution >= 0.6 is 11.8 Å². The lowest BCUT2D eigenvalue weighted by Gasteiger charge is -2.47. The van der Waals surface area contributed by atoms with Crippen molar-refractivity contribution in [3.63, 3.8) is 0 Å². The highest BCUT2D eigenvalue weighted by molar-refractivity contribution is 7.99. The molecule has 66 heavy (non-hydrogen) atoms. The van der Waals surface area contributed by atoms with Crippen LogP contribution in [0.4, 0.5) is 4.79 Å². The summed E-state index contributed by atoms with van der Waals surface area (Å²) in [5, 5.41) is 0. The summed E-state index contributed by atoms with van der Waals surface area (Å²) < 4.78 is 62.0. The van der Waals surface area contributed by atoms with Crippen LogP contribution in [0.5, 0.6) is 0 Å². The van der Waals surface area contributed by atoms with Gasteiger partial charge in [0.1, 0.15) is 30.4 Å². The first-order valence-electron chi connectivity index (χ1n) is 21.3. The summed E-state index contributed by atoms with van der Waals surface area (Å²) >= 11 is 1.39. The van der Waals surface area contributed by atoms with E-state index in [9.17, 15) is 24.0 Å². The van der Waals surface area contributed by atoms with Crippen molar-refractivity contribution in [1.82, 2.24) is 0 Å². The fourth-order valence-corrected chi connectivity index (χ4v) is 8.59. The highest BCUT2D eigenvalue weighted by Crippen LogP contribution is 2.40. The summed E-state index contributed by atoms with van der Waals surface area (Å²) in [6.45, 7) is 1.46. The molecular weight excluding hydrogens is 873 g/mol. The van der Waals surface area contributed by atoms with E-state index in [1.165, 1.54) is 48.2 Å². The van der Waals surface area contributed by atoms with Crippen molar-refractivity contribution in [3.8, 4) is 0 Å². The predicted octanol–water partition coefficient (Wildman–Crippen LogP) is 7.23. The maximum atomic E-state index is 14.2. The SMILES string of the molecule is CCSC1OC(COCc2ccccc2)C(OC2OC(COC(=O)c3ccccc3)C(OC(=O)c3ccccc3)C(OC(=O)c3ccccc3)C2OC(=O)c2ccccc2)C2OC(=O)OC12. The number of ether oxygens (including phenoxy) is 10. The number of thioether (sulfide) groups is 1. The Hall–Kier alpha value is -6.56. The fraction of sp³-hybridized carbons (Fsp3) is 0.300. The topological polar surface area (TPSA) is 178 Å². The monoisotopic (exact) mass is 918 g/mol. The van der Waals surface area contributed by atoms with E-state index in [1.807, 2.05) is 37.3 Å². The molecule has 0 aromatic heterocycles. The van der Waals surface area contributed by atoms with Crippen LogP contribution in [0, 0.1) is 0 Å². The zero-order valence-corrected chi connectivity index (χ0v) is 36.4. The summed E-state index contributed by atoms with van der Waals surface area (Å²) in [5.41, 5.74) is 0.770. The number of fused-ring (bicyclic) bond motifs is 1. The van der Waals surface area contributed by atoms with Gasteiger partial charge in [0.05, 0.1) is 35.5 Å². The van der Waals surface area contributed by atoms with Crippen molar-refractivity contribution in [2.75, 3.05) is 19.0 Å². The number of benzene rings is 5. The molecule has 0 spiro atoms. The Morgan fingerprint density at radius 2 is 0.970 bits per heavy atom. The Balaban J connectivity index is 1.20. The number of hydrogen-bond donors (Lipinski definition) is 0. The molecule has 5 aromatic rings. The largest absolute Gasteiger partial charge is 0.509 e. The third-order valence-corrected chi connectivity index (χ3v) is 11.9. The van der Waals surface area contributed by atoms with Crippen molar-refractivity contribution in [1.29, 1.82) is 0 Å². The highest BCUT2D eigenvalue weighted by Gasteiger charge is 2.59. The normalized spacial score (nSPS) is 25.6. The molecule has 3 heterocycles. The first-order valence-corrected chi connectivity index (χ1v) is 22.4. The van der Waals surface area contributed by atoms with E-state index in [1.54, 1.807) is 84.9 Å². The van der Waals surface area contributed by atoms with Gasteiger partial charge in [-0.15, -0.1) is 11.8 Å². The van der Waals surface area contributed by atoms with Gasteiger partial charge in [-0.1, -0.05) is 110 Å². The van der Waals surface area contributed by atoms with E-state index in [4.69, 9.17) is 47.4 Å². The van der Waals surface area contributed by atoms with E-state index >= 15 is 0 Å². The molecule has 0 amide bonds. The van der Waals surface area contributed by atoms with E-state index in [0.29, 0.717) is 5.75 Å². The molecule has 3 aliphatic rings. The van der Waals surface area contributed by atoms with Crippen molar-refractivity contribution in [3.05, 3.63) is 179 Å². The summed E-state index contributed by atoms with van der Waals surface area (Å²) in [7, 11) is 0. The molecule has 0 radical (unpaired) electrons. The number of hydrogen-bond acceptors (Lipinski definition) is 16. The molecule has 16 heteroatoms. The lowest BCUT2D eigenvalue weighted by Crippen LogP contribution is -2.66. The molecular formula is C50H46O15S. The van der Waals surface area contributed by atoms with Crippen LogP contribution in [0.2, 0.25) is 0 Å². The molecule has 0 aliphatic carbocycles. The summed E-state index contributed by atoms with van der Waals surface area (Å²) in [6.07, 6.45) is -13.4. The van der Waals surface area contributed by atoms with Gasteiger partial charge in [0.25, 0.3) is 0 Å². The quantitative estimate of drug-likeness (QED) is 0.0673. The van der Waals surface area contributed by atoms with Gasteiger partial charge >= 0.3 is 30.0 Å². The van der Waals surface area contributed by atoms with Gasteiger partial charge in [0.15, 0.2) is 36.8 Å². The zero-order valence-electron chi connectivity index (χ0n) is 35.6. The van der Waals surface area contributed by atoms with E-state index in [-0.39, 0.29) is 35.5 Å². The molecule has 342 valence electrons. The van der Waals surface area contributed by atoms with Crippen molar-refractivity contribution in [2.24, 2.45) is 0 Å². The Labute approximate surface area is 384 Å². The van der Waals surface area contributed by atoms with E-state index in [2.05, 4.69) is 0 Å². The Kier molecular flexibility index (Phi) is 15.4. The average molecular weight is 919 g/mol. The molecule has 15 nitrogen and oxygen atoms in total. The van der Waals surface area contributed by atoms with Crippen molar-refractivity contribution in [2.45, 2.75) is 74.1 Å². The highest BCUT2D eigenvalue weighted by atomic mass is 32.2. The third kappa shape index (κ3) is 11.3. The first kappa shape index (κ1) is 46.0. The summed E-state index contributed by atoms with van der Waals surface area (Å²) in [4.78, 5) is 68.7.